The van der Waals surface area contributed by atoms with Crippen molar-refractivity contribution < 1.29 is 19.4 Å². The van der Waals surface area contributed by atoms with Crippen LogP contribution >= 0.6 is 0 Å². The van der Waals surface area contributed by atoms with Crippen molar-refractivity contribution in [2.45, 2.75) is 24.8 Å². The Morgan fingerprint density at radius 2 is 2.18 bits per heavy atom. The van der Waals surface area contributed by atoms with Crippen molar-refractivity contribution in [3.8, 4) is 0 Å². The summed E-state index contributed by atoms with van der Waals surface area (Å²) in [6.45, 7) is -0.0808. The van der Waals surface area contributed by atoms with Gasteiger partial charge in [-0.05, 0) is 31.4 Å². The molecule has 1 saturated carbocycles. The van der Waals surface area contributed by atoms with Crippen molar-refractivity contribution in [2.75, 3.05) is 11.9 Å². The van der Waals surface area contributed by atoms with Gasteiger partial charge in [0.25, 0.3) is 0 Å². The summed E-state index contributed by atoms with van der Waals surface area (Å²) in [5, 5.41) is 21.2. The molecule has 1 aliphatic rings. The molecule has 0 heterocycles. The molecule has 1 aromatic carbocycles. The van der Waals surface area contributed by atoms with E-state index in [0.29, 0.717) is 0 Å². The van der Waals surface area contributed by atoms with E-state index in [1.54, 1.807) is 0 Å². The average molecular weight is 239 g/mol. The second-order valence-corrected chi connectivity index (χ2v) is 4.38. The van der Waals surface area contributed by atoms with Crippen LogP contribution in [0.3, 0.4) is 0 Å². The normalized spacial score (nSPS) is 17.3. The van der Waals surface area contributed by atoms with Gasteiger partial charge in [-0.25, -0.2) is 9.18 Å². The summed E-state index contributed by atoms with van der Waals surface area (Å²) in [4.78, 5) is 11.0. The molecule has 17 heavy (non-hydrogen) atoms. The monoisotopic (exact) mass is 239 g/mol. The van der Waals surface area contributed by atoms with E-state index in [2.05, 4.69) is 5.32 Å². The summed E-state index contributed by atoms with van der Waals surface area (Å²) in [6.07, 6.45) is 2.50. The molecule has 0 unspecified atom stereocenters. The Labute approximate surface area is 98.1 Å². The lowest BCUT2D eigenvalue weighted by molar-refractivity contribution is 0.0692. The third-order valence-electron chi connectivity index (χ3n) is 3.24. The number of nitrogens with one attached hydrogen (secondary N) is 1. The van der Waals surface area contributed by atoms with Gasteiger partial charge in [0.2, 0.25) is 0 Å². The quantitative estimate of drug-likeness (QED) is 0.750. The van der Waals surface area contributed by atoms with Crippen LogP contribution in [0.4, 0.5) is 10.1 Å². The highest BCUT2D eigenvalue weighted by Gasteiger charge is 2.37. The molecule has 0 radical (unpaired) electrons. The summed E-state index contributed by atoms with van der Waals surface area (Å²) in [5.74, 6) is -2.08. The fourth-order valence-electron chi connectivity index (χ4n) is 2.06. The maximum atomic E-state index is 13.4. The highest BCUT2D eigenvalue weighted by molar-refractivity contribution is 5.94. The maximum Gasteiger partial charge on any atom is 0.340 e. The van der Waals surface area contributed by atoms with Crippen molar-refractivity contribution in [2.24, 2.45) is 0 Å². The minimum absolute atomic E-state index is 0.0808. The molecule has 92 valence electrons. The first-order valence-corrected chi connectivity index (χ1v) is 5.49. The van der Waals surface area contributed by atoms with Gasteiger partial charge in [-0.3, -0.25) is 0 Å². The van der Waals surface area contributed by atoms with Crippen LogP contribution in [0.15, 0.2) is 18.2 Å². The van der Waals surface area contributed by atoms with Crippen molar-refractivity contribution in [1.82, 2.24) is 0 Å². The van der Waals surface area contributed by atoms with E-state index in [-0.39, 0.29) is 17.9 Å². The van der Waals surface area contributed by atoms with E-state index in [0.717, 1.165) is 25.3 Å². The molecule has 5 heteroatoms. The third kappa shape index (κ3) is 2.10. The van der Waals surface area contributed by atoms with Crippen molar-refractivity contribution in [3.63, 3.8) is 0 Å². The van der Waals surface area contributed by atoms with Gasteiger partial charge in [0, 0.05) is 0 Å². The van der Waals surface area contributed by atoms with Crippen LogP contribution in [0, 0.1) is 5.82 Å². The molecular weight excluding hydrogens is 225 g/mol. The third-order valence-corrected chi connectivity index (χ3v) is 3.24. The SMILES string of the molecule is O=C(O)c1c(F)cccc1NC1(CO)CCC1. The average Bonchev–Trinajstić information content (AvgIpc) is 2.23. The number of hydrogen-bond donors (Lipinski definition) is 3. The molecular formula is C12H14FNO3. The molecule has 1 aliphatic carbocycles. The van der Waals surface area contributed by atoms with E-state index >= 15 is 0 Å². The zero-order valence-corrected chi connectivity index (χ0v) is 9.24. The molecule has 4 nitrogen and oxygen atoms in total. The van der Waals surface area contributed by atoms with Crippen LogP contribution in [0.1, 0.15) is 29.6 Å². The highest BCUT2D eigenvalue weighted by atomic mass is 19.1. The minimum Gasteiger partial charge on any atom is -0.478 e. The Morgan fingerprint density at radius 1 is 1.47 bits per heavy atom. The number of carboxylic acid groups (broad SMARTS) is 1. The van der Waals surface area contributed by atoms with E-state index in [1.807, 2.05) is 0 Å². The summed E-state index contributed by atoms with van der Waals surface area (Å²) < 4.78 is 13.4. The number of carbonyl (C=O) groups is 1. The molecule has 1 fully saturated rings. The van der Waals surface area contributed by atoms with Crippen LogP contribution < -0.4 is 5.32 Å². The minimum atomic E-state index is -1.31. The maximum absolute atomic E-state index is 13.4. The Hall–Kier alpha value is -1.62. The number of rotatable bonds is 4. The smallest absolute Gasteiger partial charge is 0.340 e. The summed E-state index contributed by atoms with van der Waals surface area (Å²) in [5.41, 5.74) is -0.628. The first-order valence-electron chi connectivity index (χ1n) is 5.49. The lowest BCUT2D eigenvalue weighted by Crippen LogP contribution is -2.48. The molecule has 0 amide bonds. The Bertz CT molecular complexity index is 438. The van der Waals surface area contributed by atoms with Crippen LogP contribution in [0.5, 0.6) is 0 Å². The zero-order chi connectivity index (χ0) is 12.5. The summed E-state index contributed by atoms with van der Waals surface area (Å²) in [6, 6.07) is 4.08. The first-order chi connectivity index (χ1) is 8.08. The van der Waals surface area contributed by atoms with Crippen molar-refractivity contribution >= 4 is 11.7 Å². The Morgan fingerprint density at radius 3 is 2.65 bits per heavy atom. The standard InChI is InChI=1S/C12H14FNO3/c13-8-3-1-4-9(10(8)11(16)17)14-12(7-15)5-2-6-12/h1,3-4,14-15H,2,5-7H2,(H,16,17). The van der Waals surface area contributed by atoms with Gasteiger partial charge in [-0.15, -0.1) is 0 Å². The topological polar surface area (TPSA) is 69.6 Å². The largest absolute Gasteiger partial charge is 0.478 e. The predicted octanol–water partition coefficient (Wildman–Crippen LogP) is 1.85. The first kappa shape index (κ1) is 11.9. The molecule has 1 aromatic rings. The van der Waals surface area contributed by atoms with Crippen LogP contribution in [0.25, 0.3) is 0 Å². The van der Waals surface area contributed by atoms with Crippen molar-refractivity contribution in [3.05, 3.63) is 29.6 Å². The van der Waals surface area contributed by atoms with Crippen LogP contribution in [-0.4, -0.2) is 28.3 Å². The van der Waals surface area contributed by atoms with E-state index in [1.165, 1.54) is 12.1 Å². The number of carboxylic acids is 1. The lowest BCUT2D eigenvalue weighted by atomic mass is 9.77. The molecule has 0 aromatic heterocycles. The number of aliphatic hydroxyl groups is 1. The second-order valence-electron chi connectivity index (χ2n) is 4.38. The molecule has 0 saturated heterocycles. The Balaban J connectivity index is 2.32. The molecule has 3 N–H and O–H groups in total. The fourth-order valence-corrected chi connectivity index (χ4v) is 2.06. The Kier molecular flexibility index (Phi) is 3.02. The number of hydrogen-bond acceptors (Lipinski definition) is 3. The lowest BCUT2D eigenvalue weighted by Gasteiger charge is -2.42. The molecule has 2 rings (SSSR count). The summed E-state index contributed by atoms with van der Waals surface area (Å²) >= 11 is 0. The van der Waals surface area contributed by atoms with Gasteiger partial charge in [-0.2, -0.15) is 0 Å². The number of aromatic carboxylic acids is 1. The number of benzene rings is 1. The zero-order valence-electron chi connectivity index (χ0n) is 9.24. The number of aliphatic hydroxyl groups excluding tert-OH is 1. The number of anilines is 1. The second kappa shape index (κ2) is 4.33. The van der Waals surface area contributed by atoms with E-state index in [9.17, 15) is 14.3 Å². The van der Waals surface area contributed by atoms with Gasteiger partial charge in [0.1, 0.15) is 11.4 Å². The fraction of sp³-hybridized carbons (Fsp3) is 0.417. The van der Waals surface area contributed by atoms with Crippen LogP contribution in [-0.2, 0) is 0 Å². The van der Waals surface area contributed by atoms with Crippen molar-refractivity contribution in [1.29, 1.82) is 0 Å². The van der Waals surface area contributed by atoms with E-state index < -0.39 is 17.3 Å². The van der Waals surface area contributed by atoms with Gasteiger partial charge in [0.15, 0.2) is 0 Å². The number of halogens is 1. The molecule has 0 bridgehead atoms. The van der Waals surface area contributed by atoms with Crippen LogP contribution in [0.2, 0.25) is 0 Å². The van der Waals surface area contributed by atoms with Gasteiger partial charge in [0.05, 0.1) is 17.8 Å². The predicted molar refractivity (Wildman–Crippen MR) is 60.6 cm³/mol. The van der Waals surface area contributed by atoms with Gasteiger partial charge >= 0.3 is 5.97 Å². The van der Waals surface area contributed by atoms with Gasteiger partial charge < -0.3 is 15.5 Å². The van der Waals surface area contributed by atoms with Gasteiger partial charge in [-0.1, -0.05) is 6.07 Å². The molecule has 0 atom stereocenters. The molecule has 0 spiro atoms. The van der Waals surface area contributed by atoms with E-state index in [4.69, 9.17) is 5.11 Å². The highest BCUT2D eigenvalue weighted by Crippen LogP contribution is 2.36. The summed E-state index contributed by atoms with van der Waals surface area (Å²) in [7, 11) is 0. The molecule has 0 aliphatic heterocycles.